The Bertz CT molecular complexity index is 937. The Kier molecular flexibility index (Phi) is 11.9. The van der Waals surface area contributed by atoms with Gasteiger partial charge in [0, 0.05) is 11.1 Å². The van der Waals surface area contributed by atoms with E-state index < -0.39 is 32.3 Å². The quantitative estimate of drug-likeness (QED) is 0.211. The molecule has 0 atom stereocenters. The topological polar surface area (TPSA) is 0 Å². The minimum Gasteiger partial charge on any atom is -0.127 e. The normalized spacial score (nSPS) is 13.5. The molecule has 1 aromatic rings. The van der Waals surface area contributed by atoms with Crippen molar-refractivity contribution in [2.45, 2.75) is 156 Å². The first kappa shape index (κ1) is 35.2. The number of benzene rings is 1. The molecule has 0 bridgehead atoms. The van der Waals surface area contributed by atoms with Crippen molar-refractivity contribution in [2.24, 2.45) is 0 Å². The van der Waals surface area contributed by atoms with Gasteiger partial charge in [0.05, 0.1) is 16.1 Å². The monoisotopic (exact) mass is 582 g/mol. The highest BCUT2D eigenvalue weighted by Gasteiger charge is 2.49. The second-order valence-electron chi connectivity index (χ2n) is 15.7. The molecule has 0 aromatic heterocycles. The third kappa shape index (κ3) is 7.28. The fraction of sp³-hybridized carbons (Fsp3) is 0.706. The van der Waals surface area contributed by atoms with Crippen LogP contribution in [0.1, 0.15) is 94.2 Å². The highest BCUT2D eigenvalue weighted by molar-refractivity contribution is 6.97. The van der Waals surface area contributed by atoms with E-state index in [4.69, 9.17) is 0 Å². The second kappa shape index (κ2) is 12.8. The molecule has 1 rings (SSSR count). The summed E-state index contributed by atoms with van der Waals surface area (Å²) in [4.78, 5) is 0. The molecule has 0 N–H and O–H groups in total. The van der Waals surface area contributed by atoms with Crippen molar-refractivity contribution in [1.29, 1.82) is 0 Å². The van der Waals surface area contributed by atoms with Crippen LogP contribution in [0.15, 0.2) is 12.1 Å². The lowest BCUT2D eigenvalue weighted by Gasteiger charge is -2.47. The summed E-state index contributed by atoms with van der Waals surface area (Å²) in [6.07, 6.45) is 0. The third-order valence-electron chi connectivity index (χ3n) is 8.97. The summed E-state index contributed by atoms with van der Waals surface area (Å²) >= 11 is 0. The molecular formula is C34H62Si4. The van der Waals surface area contributed by atoms with E-state index in [1.165, 1.54) is 11.1 Å². The zero-order valence-corrected chi connectivity index (χ0v) is 32.6. The van der Waals surface area contributed by atoms with Crippen LogP contribution in [0.2, 0.25) is 72.5 Å². The summed E-state index contributed by atoms with van der Waals surface area (Å²) in [5.74, 6) is 7.76. The van der Waals surface area contributed by atoms with Crippen molar-refractivity contribution in [2.75, 3.05) is 0 Å². The Morgan fingerprint density at radius 2 is 0.632 bits per heavy atom. The molecule has 0 fully saturated rings. The van der Waals surface area contributed by atoms with Gasteiger partial charge in [0.15, 0.2) is 0 Å². The number of rotatable bonds is 8. The fourth-order valence-electron chi connectivity index (χ4n) is 7.90. The van der Waals surface area contributed by atoms with Gasteiger partial charge in [0.1, 0.15) is 16.1 Å². The highest BCUT2D eigenvalue weighted by atomic mass is 28.3. The van der Waals surface area contributed by atoms with Gasteiger partial charge < -0.3 is 0 Å². The maximum atomic E-state index is 3.88. The van der Waals surface area contributed by atoms with Gasteiger partial charge >= 0.3 is 0 Å². The van der Waals surface area contributed by atoms with Gasteiger partial charge in [-0.2, -0.15) is 0 Å². The van der Waals surface area contributed by atoms with Crippen LogP contribution in [-0.4, -0.2) is 32.3 Å². The van der Waals surface area contributed by atoms with E-state index in [1.54, 1.807) is 10.4 Å². The largest absolute Gasteiger partial charge is 0.129 e. The first-order chi connectivity index (χ1) is 17.1. The average molecular weight is 583 g/mol. The minimum atomic E-state index is -1.94. The second-order valence-corrected chi connectivity index (χ2v) is 37.0. The molecule has 0 nitrogen and oxygen atoms in total. The smallest absolute Gasteiger partial charge is 0.127 e. The predicted octanol–water partition coefficient (Wildman–Crippen LogP) is 9.92. The molecule has 0 amide bonds. The van der Waals surface area contributed by atoms with Crippen LogP contribution in [0.25, 0.3) is 0 Å². The molecule has 0 aliphatic rings. The van der Waals surface area contributed by atoms with E-state index in [0.717, 1.165) is 0 Å². The van der Waals surface area contributed by atoms with Gasteiger partial charge in [0.25, 0.3) is 0 Å². The molecule has 4 heteroatoms. The summed E-state index contributed by atoms with van der Waals surface area (Å²) in [6, 6.07) is 5.25. The van der Waals surface area contributed by atoms with E-state index in [9.17, 15) is 0 Å². The SMILES string of the molecule is CC(C)[Si](c1cc(C#C[Si](C)(C)C)c([Si](C(C)C)(C(C)C)C(C)C)cc1C#C[Si](C)(C)C)(C(C)C)C(C)C. The molecule has 214 valence electrons. The first-order valence-electron chi connectivity index (χ1n) is 15.3. The minimum absolute atomic E-state index is 0.640. The van der Waals surface area contributed by atoms with E-state index in [2.05, 4.69) is 157 Å². The van der Waals surface area contributed by atoms with Crippen molar-refractivity contribution >= 4 is 42.7 Å². The maximum Gasteiger partial charge on any atom is 0.129 e. The Hall–Kier alpha value is -0.792. The van der Waals surface area contributed by atoms with Gasteiger partial charge in [-0.1, -0.05) is 134 Å². The third-order valence-corrected chi connectivity index (χ3v) is 24.9. The van der Waals surface area contributed by atoms with Crippen molar-refractivity contribution in [3.63, 3.8) is 0 Å². The summed E-state index contributed by atoms with van der Waals surface area (Å²) in [5, 5.41) is 3.18. The molecule has 38 heavy (non-hydrogen) atoms. The predicted molar refractivity (Wildman–Crippen MR) is 188 cm³/mol. The van der Waals surface area contributed by atoms with Crippen LogP contribution in [0.5, 0.6) is 0 Å². The summed E-state index contributed by atoms with van der Waals surface area (Å²) < 4.78 is 0. The van der Waals surface area contributed by atoms with Gasteiger partial charge in [-0.25, -0.2) is 0 Å². The lowest BCUT2D eigenvalue weighted by atomic mass is 10.1. The van der Waals surface area contributed by atoms with Gasteiger partial charge in [-0.05, 0) is 55.8 Å². The van der Waals surface area contributed by atoms with Crippen LogP contribution in [0, 0.1) is 22.9 Å². The summed E-state index contributed by atoms with van der Waals surface area (Å²) in [7, 11) is -6.97. The average Bonchev–Trinajstić information content (AvgIpc) is 2.70. The Morgan fingerprint density at radius 1 is 0.421 bits per heavy atom. The molecule has 0 radical (unpaired) electrons. The molecular weight excluding hydrogens is 521 g/mol. The highest BCUT2D eigenvalue weighted by Crippen LogP contribution is 2.44. The maximum absolute atomic E-state index is 3.88. The Labute approximate surface area is 243 Å². The zero-order chi connectivity index (χ0) is 30.0. The number of hydrogen-bond donors (Lipinski definition) is 0. The van der Waals surface area contributed by atoms with Gasteiger partial charge in [0.2, 0.25) is 0 Å². The van der Waals surface area contributed by atoms with Gasteiger partial charge in [-0.15, -0.1) is 11.1 Å². The Morgan fingerprint density at radius 3 is 0.789 bits per heavy atom. The van der Waals surface area contributed by atoms with Crippen molar-refractivity contribution < 1.29 is 0 Å². The number of hydrogen-bond acceptors (Lipinski definition) is 0. The zero-order valence-electron chi connectivity index (χ0n) is 28.6. The summed E-state index contributed by atoms with van der Waals surface area (Å²) in [6.45, 7) is 44.1. The molecule has 0 saturated heterocycles. The standard InChI is InChI=1S/C34H62Si4/c1-25(2)37(26(3)4,27(5)6)33-23-32(20-22-36(16,17)18)34(24-31(33)19-21-35(13,14)15)38(28(7)8,29(9)10)30(11)12/h23-30H,1-18H3. The fourth-order valence-corrected chi connectivity index (χ4v) is 22.6. The van der Waals surface area contributed by atoms with E-state index >= 15 is 0 Å². The molecule has 1 aromatic carbocycles. The van der Waals surface area contributed by atoms with E-state index in [0.29, 0.717) is 33.2 Å². The van der Waals surface area contributed by atoms with Crippen LogP contribution in [-0.2, 0) is 0 Å². The van der Waals surface area contributed by atoms with Crippen molar-refractivity contribution in [3.05, 3.63) is 23.3 Å². The molecule has 0 unspecified atom stereocenters. The molecule has 0 saturated carbocycles. The molecule has 0 spiro atoms. The Balaban J connectivity index is 4.61. The molecule has 0 aliphatic heterocycles. The molecule has 0 aliphatic carbocycles. The van der Waals surface area contributed by atoms with Crippen LogP contribution in [0.3, 0.4) is 0 Å². The van der Waals surface area contributed by atoms with Crippen LogP contribution < -0.4 is 10.4 Å². The van der Waals surface area contributed by atoms with Crippen molar-refractivity contribution in [1.82, 2.24) is 0 Å². The molecule has 0 heterocycles. The van der Waals surface area contributed by atoms with E-state index in [1.807, 2.05) is 0 Å². The van der Waals surface area contributed by atoms with Crippen molar-refractivity contribution in [3.8, 4) is 22.9 Å². The van der Waals surface area contributed by atoms with Crippen LogP contribution >= 0.6 is 0 Å². The first-order valence-corrected chi connectivity index (χ1v) is 26.8. The van der Waals surface area contributed by atoms with Gasteiger partial charge in [-0.3, -0.25) is 0 Å². The summed E-state index contributed by atoms with van der Waals surface area (Å²) in [5.41, 5.74) is 14.2. The lowest BCUT2D eigenvalue weighted by Crippen LogP contribution is -2.60. The van der Waals surface area contributed by atoms with Crippen LogP contribution in [0.4, 0.5) is 0 Å². The lowest BCUT2D eigenvalue weighted by molar-refractivity contribution is 0.832. The van der Waals surface area contributed by atoms with E-state index in [-0.39, 0.29) is 0 Å².